The molecule has 2 aromatic rings. The van der Waals surface area contributed by atoms with Gasteiger partial charge >= 0.3 is 0 Å². The maximum absolute atomic E-state index is 11.0. The molecule has 0 atom stereocenters. The summed E-state index contributed by atoms with van der Waals surface area (Å²) in [5, 5.41) is 1.10. The van der Waals surface area contributed by atoms with E-state index in [4.69, 9.17) is 0 Å². The summed E-state index contributed by atoms with van der Waals surface area (Å²) in [6.45, 7) is 6.26. The van der Waals surface area contributed by atoms with Gasteiger partial charge in [-0.3, -0.25) is 9.78 Å². The van der Waals surface area contributed by atoms with Crippen LogP contribution in [0, 0.1) is 6.92 Å². The summed E-state index contributed by atoms with van der Waals surface area (Å²) in [7, 11) is 0. The standard InChI is InChI=1S/C14H15NO/c1-9(2)14-11(8-16)7-15-13-5-4-10(3)6-12(13)14/h4-9H,1-3H3. The molecule has 0 saturated heterocycles. The predicted molar refractivity (Wildman–Crippen MR) is 66.0 cm³/mol. The fourth-order valence-corrected chi connectivity index (χ4v) is 2.08. The van der Waals surface area contributed by atoms with E-state index in [-0.39, 0.29) is 0 Å². The van der Waals surface area contributed by atoms with E-state index in [2.05, 4.69) is 31.8 Å². The van der Waals surface area contributed by atoms with Crippen LogP contribution in [0.25, 0.3) is 10.9 Å². The maximum Gasteiger partial charge on any atom is 0.151 e. The number of carbonyl (C=O) groups excluding carboxylic acids is 1. The highest BCUT2D eigenvalue weighted by Crippen LogP contribution is 2.27. The van der Waals surface area contributed by atoms with E-state index < -0.39 is 0 Å². The third-order valence-electron chi connectivity index (χ3n) is 2.80. The number of rotatable bonds is 2. The number of hydrogen-bond donors (Lipinski definition) is 0. The van der Waals surface area contributed by atoms with Gasteiger partial charge in [0.15, 0.2) is 6.29 Å². The predicted octanol–water partition coefficient (Wildman–Crippen LogP) is 3.48. The Morgan fingerprint density at radius 2 is 2.06 bits per heavy atom. The second kappa shape index (κ2) is 4.05. The van der Waals surface area contributed by atoms with Crippen LogP contribution >= 0.6 is 0 Å². The number of hydrogen-bond acceptors (Lipinski definition) is 2. The van der Waals surface area contributed by atoms with E-state index >= 15 is 0 Å². The molecule has 1 aromatic heterocycles. The van der Waals surface area contributed by atoms with E-state index in [1.54, 1.807) is 6.20 Å². The van der Waals surface area contributed by atoms with Crippen molar-refractivity contribution in [1.29, 1.82) is 0 Å². The molecule has 0 unspecified atom stereocenters. The van der Waals surface area contributed by atoms with Gasteiger partial charge in [0.2, 0.25) is 0 Å². The van der Waals surface area contributed by atoms with Crippen LogP contribution in [-0.4, -0.2) is 11.3 Å². The molecule has 82 valence electrons. The normalized spacial score (nSPS) is 11.0. The molecular formula is C14H15NO. The number of benzene rings is 1. The van der Waals surface area contributed by atoms with E-state index in [9.17, 15) is 4.79 Å². The van der Waals surface area contributed by atoms with Crippen LogP contribution in [0.2, 0.25) is 0 Å². The lowest BCUT2D eigenvalue weighted by Crippen LogP contribution is -1.98. The molecule has 2 heteroatoms. The van der Waals surface area contributed by atoms with Gasteiger partial charge in [0, 0.05) is 17.1 Å². The van der Waals surface area contributed by atoms with Gasteiger partial charge < -0.3 is 0 Å². The fourth-order valence-electron chi connectivity index (χ4n) is 2.08. The Hall–Kier alpha value is -1.70. The minimum Gasteiger partial charge on any atom is -0.298 e. The number of nitrogens with zero attached hydrogens (tertiary/aromatic N) is 1. The molecule has 0 saturated carbocycles. The third-order valence-corrected chi connectivity index (χ3v) is 2.80. The van der Waals surface area contributed by atoms with E-state index in [1.807, 2.05) is 12.1 Å². The summed E-state index contributed by atoms with van der Waals surface area (Å²) in [5.74, 6) is 0.326. The van der Waals surface area contributed by atoms with Crippen LogP contribution in [0.5, 0.6) is 0 Å². The first-order chi connectivity index (χ1) is 7.63. The molecule has 1 aromatic carbocycles. The molecule has 0 bridgehead atoms. The fraction of sp³-hybridized carbons (Fsp3) is 0.286. The number of carbonyl (C=O) groups is 1. The number of fused-ring (bicyclic) bond motifs is 1. The number of aryl methyl sites for hydroxylation is 1. The highest BCUT2D eigenvalue weighted by atomic mass is 16.1. The molecule has 2 nitrogen and oxygen atoms in total. The van der Waals surface area contributed by atoms with Crippen LogP contribution in [0.3, 0.4) is 0 Å². The summed E-state index contributed by atoms with van der Waals surface area (Å²) in [5.41, 5.74) is 3.95. The third kappa shape index (κ3) is 1.71. The van der Waals surface area contributed by atoms with E-state index in [0.29, 0.717) is 11.5 Å². The molecule has 0 radical (unpaired) electrons. The second-order valence-corrected chi connectivity index (χ2v) is 4.42. The largest absolute Gasteiger partial charge is 0.298 e. The van der Waals surface area contributed by atoms with Crippen LogP contribution in [0.15, 0.2) is 24.4 Å². The maximum atomic E-state index is 11.0. The van der Waals surface area contributed by atoms with Crippen molar-refractivity contribution in [1.82, 2.24) is 4.98 Å². The molecule has 0 N–H and O–H groups in total. The van der Waals surface area contributed by atoms with Crippen molar-refractivity contribution in [3.8, 4) is 0 Å². The van der Waals surface area contributed by atoms with Gasteiger partial charge in [0.25, 0.3) is 0 Å². The zero-order valence-corrected chi connectivity index (χ0v) is 9.82. The molecule has 0 spiro atoms. The lowest BCUT2D eigenvalue weighted by Gasteiger charge is -2.12. The van der Waals surface area contributed by atoms with Crippen molar-refractivity contribution in [2.45, 2.75) is 26.7 Å². The summed E-state index contributed by atoms with van der Waals surface area (Å²) in [6.07, 6.45) is 2.56. The van der Waals surface area contributed by atoms with Crippen molar-refractivity contribution >= 4 is 17.2 Å². The molecule has 0 amide bonds. The highest BCUT2D eigenvalue weighted by molar-refractivity contribution is 5.91. The minimum atomic E-state index is 0.326. The molecule has 1 heterocycles. The van der Waals surface area contributed by atoms with Gasteiger partial charge in [0.05, 0.1) is 5.52 Å². The van der Waals surface area contributed by atoms with Gasteiger partial charge in [-0.2, -0.15) is 0 Å². The Bertz CT molecular complexity index is 544. The smallest absolute Gasteiger partial charge is 0.151 e. The van der Waals surface area contributed by atoms with Crippen molar-refractivity contribution in [2.24, 2.45) is 0 Å². The van der Waals surface area contributed by atoms with Crippen molar-refractivity contribution < 1.29 is 4.79 Å². The van der Waals surface area contributed by atoms with E-state index in [1.165, 1.54) is 5.56 Å². The zero-order chi connectivity index (χ0) is 11.7. The number of pyridine rings is 1. The van der Waals surface area contributed by atoms with Crippen LogP contribution in [0.4, 0.5) is 0 Å². The Kier molecular flexibility index (Phi) is 2.73. The lowest BCUT2D eigenvalue weighted by atomic mass is 9.94. The van der Waals surface area contributed by atoms with Gasteiger partial charge in [-0.1, -0.05) is 25.5 Å². The second-order valence-electron chi connectivity index (χ2n) is 4.42. The molecule has 2 rings (SSSR count). The van der Waals surface area contributed by atoms with Crippen molar-refractivity contribution in [2.75, 3.05) is 0 Å². The molecule has 0 aliphatic heterocycles. The average molecular weight is 213 g/mol. The Labute approximate surface area is 95.3 Å². The summed E-state index contributed by atoms with van der Waals surface area (Å²) in [6, 6.07) is 6.15. The molecule has 0 aliphatic carbocycles. The van der Waals surface area contributed by atoms with Crippen LogP contribution < -0.4 is 0 Å². The quantitative estimate of drug-likeness (QED) is 0.715. The zero-order valence-electron chi connectivity index (χ0n) is 9.82. The Balaban J connectivity index is 2.86. The van der Waals surface area contributed by atoms with Gasteiger partial charge in [-0.25, -0.2) is 0 Å². The highest BCUT2D eigenvalue weighted by Gasteiger charge is 2.11. The molecular weight excluding hydrogens is 198 g/mol. The van der Waals surface area contributed by atoms with Gasteiger partial charge in [-0.05, 0) is 30.5 Å². The molecule has 0 aliphatic rings. The van der Waals surface area contributed by atoms with Gasteiger partial charge in [-0.15, -0.1) is 0 Å². The summed E-state index contributed by atoms with van der Waals surface area (Å²) >= 11 is 0. The van der Waals surface area contributed by atoms with E-state index in [0.717, 1.165) is 22.8 Å². The minimum absolute atomic E-state index is 0.326. The SMILES string of the molecule is Cc1ccc2ncc(C=O)c(C(C)C)c2c1. The summed E-state index contributed by atoms with van der Waals surface area (Å²) < 4.78 is 0. The number of aromatic nitrogens is 1. The van der Waals surface area contributed by atoms with Crippen LogP contribution in [0.1, 0.15) is 41.3 Å². The first-order valence-corrected chi connectivity index (χ1v) is 5.48. The monoisotopic (exact) mass is 213 g/mol. The lowest BCUT2D eigenvalue weighted by molar-refractivity contribution is 0.112. The number of aldehydes is 1. The topological polar surface area (TPSA) is 30.0 Å². The average Bonchev–Trinajstić information content (AvgIpc) is 2.26. The summed E-state index contributed by atoms with van der Waals surface area (Å²) in [4.78, 5) is 15.3. The Morgan fingerprint density at radius 1 is 1.31 bits per heavy atom. The first kappa shape index (κ1) is 10.8. The Morgan fingerprint density at radius 3 is 2.69 bits per heavy atom. The van der Waals surface area contributed by atoms with Crippen molar-refractivity contribution in [3.63, 3.8) is 0 Å². The van der Waals surface area contributed by atoms with Gasteiger partial charge in [0.1, 0.15) is 0 Å². The van der Waals surface area contributed by atoms with Crippen molar-refractivity contribution in [3.05, 3.63) is 41.1 Å². The van der Waals surface area contributed by atoms with Crippen LogP contribution in [-0.2, 0) is 0 Å². The molecule has 16 heavy (non-hydrogen) atoms. The first-order valence-electron chi connectivity index (χ1n) is 5.48. The molecule has 0 fully saturated rings.